The second kappa shape index (κ2) is 6.29. The van der Waals surface area contributed by atoms with Crippen LogP contribution < -0.4 is 10.6 Å². The molecule has 0 saturated heterocycles. The maximum absolute atomic E-state index is 11.5. The van der Waals surface area contributed by atoms with Crippen LogP contribution in [0.5, 0.6) is 0 Å². The lowest BCUT2D eigenvalue weighted by Gasteiger charge is -2.13. The topological polar surface area (TPSA) is 78.4 Å². The van der Waals surface area contributed by atoms with Gasteiger partial charge >= 0.3 is 5.97 Å². The predicted octanol–water partition coefficient (Wildman–Crippen LogP) is 2.16. The molecule has 0 unspecified atom stereocenters. The number of anilines is 1. The molecule has 0 radical (unpaired) electrons. The van der Waals surface area contributed by atoms with Gasteiger partial charge in [-0.05, 0) is 42.9 Å². The quantitative estimate of drug-likeness (QED) is 0.740. The smallest absolute Gasteiger partial charge is 0.335 e. The van der Waals surface area contributed by atoms with E-state index in [1.165, 1.54) is 12.1 Å². The fraction of sp³-hybridized carbons (Fsp3) is 0.308. The van der Waals surface area contributed by atoms with E-state index >= 15 is 0 Å². The summed E-state index contributed by atoms with van der Waals surface area (Å²) in [6.07, 6.45) is 0. The molecule has 1 rings (SSSR count). The number of rotatable bonds is 3. The Morgan fingerprint density at radius 1 is 1.32 bits per heavy atom. The van der Waals surface area contributed by atoms with Crippen molar-refractivity contribution >= 4 is 34.9 Å². The van der Waals surface area contributed by atoms with Crippen LogP contribution in [0.15, 0.2) is 18.2 Å². The average molecular weight is 280 g/mol. The van der Waals surface area contributed by atoms with E-state index in [4.69, 9.17) is 17.3 Å². The Bertz CT molecular complexity index is 527. The lowest BCUT2D eigenvalue weighted by Crippen LogP contribution is -2.36. The van der Waals surface area contributed by atoms with Gasteiger partial charge in [-0.15, -0.1) is 0 Å². The number of carbonyl (C=O) groups is 2. The Balaban J connectivity index is 2.75. The van der Waals surface area contributed by atoms with Crippen molar-refractivity contribution in [2.75, 3.05) is 5.32 Å². The molecule has 0 bridgehead atoms. The fourth-order valence-corrected chi connectivity index (χ4v) is 1.56. The first kappa shape index (κ1) is 15.1. The highest BCUT2D eigenvalue weighted by Gasteiger charge is 2.10. The normalized spacial score (nSPS) is 10.1. The van der Waals surface area contributed by atoms with Crippen LogP contribution in [0.25, 0.3) is 0 Å². The van der Waals surface area contributed by atoms with Crippen molar-refractivity contribution in [3.05, 3.63) is 29.3 Å². The first-order chi connectivity index (χ1) is 8.81. The summed E-state index contributed by atoms with van der Waals surface area (Å²) >= 11 is 5.02. The molecule has 0 aliphatic heterocycles. The summed E-state index contributed by atoms with van der Waals surface area (Å²) in [6.45, 7) is 5.30. The van der Waals surface area contributed by atoms with Crippen molar-refractivity contribution in [2.24, 2.45) is 5.92 Å². The van der Waals surface area contributed by atoms with E-state index < -0.39 is 5.97 Å². The molecule has 1 aromatic carbocycles. The maximum atomic E-state index is 11.5. The minimum Gasteiger partial charge on any atom is -0.478 e. The standard InChI is InChI=1S/C13H16N2O3S/c1-7(2)11(16)15-13(19)14-10-5-4-9(12(17)18)6-8(10)3/h4-7H,1-3H3,(H,17,18)(H2,14,15,16,19). The lowest BCUT2D eigenvalue weighted by molar-refractivity contribution is -0.122. The highest BCUT2D eigenvalue weighted by molar-refractivity contribution is 7.80. The van der Waals surface area contributed by atoms with Gasteiger partial charge in [0.15, 0.2) is 5.11 Å². The van der Waals surface area contributed by atoms with Crippen molar-refractivity contribution in [1.82, 2.24) is 5.32 Å². The van der Waals surface area contributed by atoms with E-state index in [0.717, 1.165) is 5.56 Å². The van der Waals surface area contributed by atoms with Gasteiger partial charge in [0.05, 0.1) is 5.56 Å². The van der Waals surface area contributed by atoms with Gasteiger partial charge in [-0.25, -0.2) is 4.79 Å². The van der Waals surface area contributed by atoms with Gasteiger partial charge in [0, 0.05) is 11.6 Å². The summed E-state index contributed by atoms with van der Waals surface area (Å²) in [5, 5.41) is 14.5. The molecule has 0 aliphatic rings. The first-order valence-electron chi connectivity index (χ1n) is 5.77. The molecule has 0 heterocycles. The van der Waals surface area contributed by atoms with Gasteiger partial charge in [0.1, 0.15) is 0 Å². The van der Waals surface area contributed by atoms with Crippen LogP contribution in [-0.2, 0) is 4.79 Å². The van der Waals surface area contributed by atoms with Crippen molar-refractivity contribution in [3.8, 4) is 0 Å². The molecule has 0 aromatic heterocycles. The molecule has 0 fully saturated rings. The number of aromatic carboxylic acids is 1. The molecular formula is C13H16N2O3S. The van der Waals surface area contributed by atoms with Crippen LogP contribution >= 0.6 is 12.2 Å². The molecule has 0 atom stereocenters. The SMILES string of the molecule is Cc1cc(C(=O)O)ccc1NC(=S)NC(=O)C(C)C. The van der Waals surface area contributed by atoms with Crippen molar-refractivity contribution in [1.29, 1.82) is 0 Å². The Morgan fingerprint density at radius 3 is 2.42 bits per heavy atom. The zero-order valence-corrected chi connectivity index (χ0v) is 11.8. The Labute approximate surface area is 117 Å². The van der Waals surface area contributed by atoms with Crippen LogP contribution in [-0.4, -0.2) is 22.1 Å². The van der Waals surface area contributed by atoms with Crippen LogP contribution in [0, 0.1) is 12.8 Å². The Kier molecular flexibility index (Phi) is 5.00. The van der Waals surface area contributed by atoms with Gasteiger partial charge in [0.2, 0.25) is 5.91 Å². The number of benzene rings is 1. The number of carboxylic acid groups (broad SMARTS) is 1. The molecule has 5 nitrogen and oxygen atoms in total. The molecule has 6 heteroatoms. The van der Waals surface area contributed by atoms with E-state index in [-0.39, 0.29) is 22.5 Å². The summed E-state index contributed by atoms with van der Waals surface area (Å²) < 4.78 is 0. The van der Waals surface area contributed by atoms with E-state index in [0.29, 0.717) is 5.69 Å². The van der Waals surface area contributed by atoms with Gasteiger partial charge in [0.25, 0.3) is 0 Å². The number of amides is 1. The van der Waals surface area contributed by atoms with E-state index in [9.17, 15) is 9.59 Å². The van der Waals surface area contributed by atoms with Gasteiger partial charge in [-0.3, -0.25) is 4.79 Å². The summed E-state index contributed by atoms with van der Waals surface area (Å²) in [7, 11) is 0. The van der Waals surface area contributed by atoms with Crippen molar-refractivity contribution in [2.45, 2.75) is 20.8 Å². The molecule has 1 amide bonds. The van der Waals surface area contributed by atoms with E-state index in [1.807, 2.05) is 0 Å². The molecule has 0 saturated carbocycles. The average Bonchev–Trinajstić information content (AvgIpc) is 2.31. The summed E-state index contributed by atoms with van der Waals surface area (Å²) in [4.78, 5) is 22.3. The first-order valence-corrected chi connectivity index (χ1v) is 6.18. The fourth-order valence-electron chi connectivity index (χ4n) is 1.35. The third-order valence-electron chi connectivity index (χ3n) is 2.48. The Hall–Kier alpha value is -1.95. The van der Waals surface area contributed by atoms with Crippen molar-refractivity contribution < 1.29 is 14.7 Å². The Morgan fingerprint density at radius 2 is 1.95 bits per heavy atom. The second-order valence-electron chi connectivity index (χ2n) is 4.43. The lowest BCUT2D eigenvalue weighted by atomic mass is 10.1. The largest absolute Gasteiger partial charge is 0.478 e. The summed E-state index contributed by atoms with van der Waals surface area (Å²) in [5.41, 5.74) is 1.61. The summed E-state index contributed by atoms with van der Waals surface area (Å²) in [5.74, 6) is -1.31. The van der Waals surface area contributed by atoms with Crippen LogP contribution in [0.1, 0.15) is 29.8 Å². The molecule has 0 spiro atoms. The highest BCUT2D eigenvalue weighted by atomic mass is 32.1. The minimum absolute atomic E-state index is 0.157. The van der Waals surface area contributed by atoms with Crippen LogP contribution in [0.4, 0.5) is 5.69 Å². The number of aryl methyl sites for hydroxylation is 1. The van der Waals surface area contributed by atoms with Crippen LogP contribution in [0.3, 0.4) is 0 Å². The number of carbonyl (C=O) groups excluding carboxylic acids is 1. The zero-order valence-electron chi connectivity index (χ0n) is 11.0. The van der Waals surface area contributed by atoms with Gasteiger partial charge in [-0.1, -0.05) is 13.8 Å². The second-order valence-corrected chi connectivity index (χ2v) is 4.84. The van der Waals surface area contributed by atoms with Gasteiger partial charge < -0.3 is 15.7 Å². The number of hydrogen-bond donors (Lipinski definition) is 3. The highest BCUT2D eigenvalue weighted by Crippen LogP contribution is 2.16. The minimum atomic E-state index is -0.981. The number of hydrogen-bond acceptors (Lipinski definition) is 3. The number of thiocarbonyl (C=S) groups is 1. The molecule has 0 aliphatic carbocycles. The maximum Gasteiger partial charge on any atom is 0.335 e. The molecular weight excluding hydrogens is 264 g/mol. The van der Waals surface area contributed by atoms with Crippen molar-refractivity contribution in [3.63, 3.8) is 0 Å². The molecule has 19 heavy (non-hydrogen) atoms. The molecule has 3 N–H and O–H groups in total. The molecule has 1 aromatic rings. The van der Waals surface area contributed by atoms with Gasteiger partial charge in [-0.2, -0.15) is 0 Å². The van der Waals surface area contributed by atoms with E-state index in [2.05, 4.69) is 10.6 Å². The predicted molar refractivity (Wildman–Crippen MR) is 77.3 cm³/mol. The third kappa shape index (κ3) is 4.33. The van der Waals surface area contributed by atoms with Crippen LogP contribution in [0.2, 0.25) is 0 Å². The third-order valence-corrected chi connectivity index (χ3v) is 2.69. The monoisotopic (exact) mass is 280 g/mol. The number of nitrogens with one attached hydrogen (secondary N) is 2. The number of carboxylic acids is 1. The van der Waals surface area contributed by atoms with E-state index in [1.54, 1.807) is 26.8 Å². The zero-order chi connectivity index (χ0) is 14.6. The molecule has 102 valence electrons. The summed E-state index contributed by atoms with van der Waals surface area (Å²) in [6, 6.07) is 4.63.